The van der Waals surface area contributed by atoms with E-state index in [0.29, 0.717) is 102 Å². The molecule has 0 atom stereocenters. The molecule has 500 valence electrons. The molecule has 0 unspecified atom stereocenters. The minimum absolute atomic E-state index is 0. The lowest BCUT2D eigenvalue weighted by Crippen LogP contribution is -2.51. The number of ketones is 2. The van der Waals surface area contributed by atoms with E-state index in [1.807, 2.05) is 14.7 Å². The fourth-order valence-electron chi connectivity index (χ4n) is 9.33. The smallest absolute Gasteiger partial charge is 0.414 e. The number of morpholine rings is 2. The predicted octanol–water partition coefficient (Wildman–Crippen LogP) is 5.00. The number of ether oxygens (including phenoxy) is 4. The van der Waals surface area contributed by atoms with Crippen LogP contribution in [0.15, 0.2) is 24.8 Å². The second-order valence-corrected chi connectivity index (χ2v) is 22.8. The molecule has 0 aromatic carbocycles. The highest BCUT2D eigenvalue weighted by atomic mass is 19.4. The quantitative estimate of drug-likeness (QED) is 0.0924. The molecule has 0 bridgehead atoms. The first-order chi connectivity index (χ1) is 42.8. The number of piperazine rings is 2. The highest BCUT2D eigenvalue weighted by Gasteiger charge is 2.37. The average Bonchev–Trinajstić information content (AvgIpc) is 1.59. The minimum atomic E-state index is -4.61. The predicted molar refractivity (Wildman–Crippen MR) is 320 cm³/mol. The van der Waals surface area contributed by atoms with Gasteiger partial charge >= 0.3 is 30.5 Å². The number of aromatic nitrogens is 12. The molecule has 92 heavy (non-hydrogen) atoms. The van der Waals surface area contributed by atoms with Gasteiger partial charge in [0.15, 0.2) is 45.6 Å². The van der Waals surface area contributed by atoms with Crippen LogP contribution in [0.3, 0.4) is 0 Å². The van der Waals surface area contributed by atoms with Gasteiger partial charge in [-0.25, -0.2) is 64.2 Å². The Balaban J connectivity index is 0.000000238. The van der Waals surface area contributed by atoms with Crippen LogP contribution in [0.2, 0.25) is 0 Å². The fourth-order valence-corrected chi connectivity index (χ4v) is 9.33. The van der Waals surface area contributed by atoms with E-state index in [0.717, 1.165) is 16.1 Å². The molecule has 0 saturated carbocycles. The molecule has 4 N–H and O–H groups in total. The third-order valence-corrected chi connectivity index (χ3v) is 13.3. The number of fused-ring (bicyclic) bond motifs is 2. The van der Waals surface area contributed by atoms with E-state index >= 15 is 0 Å². The van der Waals surface area contributed by atoms with Crippen LogP contribution in [-0.2, 0) is 51.2 Å². The van der Waals surface area contributed by atoms with Crippen LogP contribution in [0.4, 0.5) is 71.4 Å². The van der Waals surface area contributed by atoms with Gasteiger partial charge in [-0.05, 0) is 41.5 Å². The van der Waals surface area contributed by atoms with Gasteiger partial charge in [0.2, 0.25) is 35.4 Å². The number of halogens is 6. The molecule has 6 aromatic rings. The number of carboxylic acids is 1. The van der Waals surface area contributed by atoms with Crippen LogP contribution in [0, 0.1) is 0 Å². The highest BCUT2D eigenvalue weighted by molar-refractivity contribution is 6.35. The Morgan fingerprint density at radius 2 is 0.891 bits per heavy atom. The Kier molecular flexibility index (Phi) is 22.4. The van der Waals surface area contributed by atoms with Crippen molar-refractivity contribution in [3.8, 4) is 22.8 Å². The van der Waals surface area contributed by atoms with Crippen molar-refractivity contribution in [3.05, 3.63) is 24.8 Å². The number of anilines is 6. The van der Waals surface area contributed by atoms with E-state index in [1.165, 1.54) is 36.6 Å². The van der Waals surface area contributed by atoms with Crippen molar-refractivity contribution in [2.75, 3.05) is 135 Å². The number of carboxylic acid groups (broad SMARTS) is 1. The monoisotopic (exact) mass is 1300 g/mol. The van der Waals surface area contributed by atoms with Gasteiger partial charge in [0.05, 0.1) is 37.6 Å². The van der Waals surface area contributed by atoms with Crippen molar-refractivity contribution >= 4 is 93.4 Å². The maximum Gasteiger partial charge on any atom is 0.414 e. The molecule has 31 nitrogen and oxygen atoms in total. The van der Waals surface area contributed by atoms with Gasteiger partial charge in [0.1, 0.15) is 24.3 Å². The second kappa shape index (κ2) is 29.4. The number of nitrogens with one attached hydrogen (secondary N) is 3. The molecule has 10 heterocycles. The van der Waals surface area contributed by atoms with E-state index < -0.39 is 72.3 Å². The lowest BCUT2D eigenvalue weighted by Gasteiger charge is -2.35. The van der Waals surface area contributed by atoms with Crippen molar-refractivity contribution in [2.24, 2.45) is 0 Å². The van der Waals surface area contributed by atoms with E-state index in [9.17, 15) is 55.1 Å². The SMILES string of the molecule is C.CC(=O)C(=O)N1CCN(c2nc3c(N4CCOCC4)nc(-c4cnc(NC(=O)OC(C)(C)C)nc4)nc3n2CC(F)(F)F)CC1.CC(=O)C(=O)O.CC(C)(C)OC(=O)Nc1ncc(-c2nc(N3CCOCC3)c3nc(N4CCNCC4)n(CC(F)(F)F)c3n2)cn1. The number of amides is 3. The van der Waals surface area contributed by atoms with Gasteiger partial charge in [-0.15, -0.1) is 0 Å². The Labute approximate surface area is 522 Å². The van der Waals surface area contributed by atoms with Crippen LogP contribution < -0.4 is 35.6 Å². The molecule has 4 aliphatic rings. The van der Waals surface area contributed by atoms with Crippen LogP contribution in [-0.4, -0.2) is 233 Å². The molecular formula is C55H72F6N20O11. The number of Topliss-reactive ketones (excluding diaryl/α,β-unsaturated/α-hetero) is 2. The number of rotatable bonds is 12. The van der Waals surface area contributed by atoms with E-state index in [4.69, 9.17) is 29.0 Å². The zero-order valence-electron chi connectivity index (χ0n) is 50.9. The first-order valence-electron chi connectivity index (χ1n) is 28.5. The summed E-state index contributed by atoms with van der Waals surface area (Å²) in [5.74, 6) is -2.36. The Morgan fingerprint density at radius 1 is 0.533 bits per heavy atom. The largest absolute Gasteiger partial charge is 0.476 e. The van der Waals surface area contributed by atoms with Crippen LogP contribution >= 0.6 is 0 Å². The summed E-state index contributed by atoms with van der Waals surface area (Å²) in [6.45, 7) is 16.2. The first kappa shape index (κ1) is 70.2. The number of hydrogen-bond acceptors (Lipinski definition) is 25. The van der Waals surface area contributed by atoms with Gasteiger partial charge in [0.25, 0.3) is 5.91 Å². The Hall–Kier alpha value is -9.26. The summed E-state index contributed by atoms with van der Waals surface area (Å²) in [5.41, 5.74) is -0.319. The van der Waals surface area contributed by atoms with E-state index in [1.54, 1.807) is 46.4 Å². The van der Waals surface area contributed by atoms with Crippen molar-refractivity contribution in [2.45, 2.75) is 99.5 Å². The number of aliphatic carboxylic acids is 1. The Morgan fingerprint density at radius 3 is 1.22 bits per heavy atom. The van der Waals surface area contributed by atoms with Crippen molar-refractivity contribution < 1.29 is 79.2 Å². The molecule has 0 radical (unpaired) electrons. The molecule has 10 rings (SSSR count). The number of imidazole rings is 2. The second-order valence-electron chi connectivity index (χ2n) is 22.8. The zero-order chi connectivity index (χ0) is 66.2. The molecule has 0 aliphatic carbocycles. The van der Waals surface area contributed by atoms with Crippen molar-refractivity contribution in [1.82, 2.24) is 69.2 Å². The summed E-state index contributed by atoms with van der Waals surface area (Å²) in [5, 5.41) is 15.7. The number of alkyl halides is 6. The summed E-state index contributed by atoms with van der Waals surface area (Å²) in [4.78, 5) is 120. The molecular weight excluding hydrogens is 1230 g/mol. The molecule has 4 aliphatic heterocycles. The van der Waals surface area contributed by atoms with Gasteiger partial charge in [-0.2, -0.15) is 26.3 Å². The lowest BCUT2D eigenvalue weighted by molar-refractivity contribution is -0.148. The maximum atomic E-state index is 14.0. The molecule has 6 aromatic heterocycles. The van der Waals surface area contributed by atoms with Gasteiger partial charge < -0.3 is 53.9 Å². The van der Waals surface area contributed by atoms with Crippen LogP contribution in [0.1, 0.15) is 62.8 Å². The van der Waals surface area contributed by atoms with Gasteiger partial charge in [0, 0.05) is 117 Å². The molecule has 3 amide bonds. The van der Waals surface area contributed by atoms with Crippen molar-refractivity contribution in [3.63, 3.8) is 0 Å². The summed E-state index contributed by atoms with van der Waals surface area (Å²) in [7, 11) is 0. The van der Waals surface area contributed by atoms with Crippen molar-refractivity contribution in [1.29, 1.82) is 0 Å². The molecule has 0 spiro atoms. The number of carbonyl (C=O) groups is 6. The number of hydrogen-bond donors (Lipinski definition) is 4. The topological polar surface area (TPSA) is 351 Å². The third kappa shape index (κ3) is 18.9. The molecule has 4 saturated heterocycles. The zero-order valence-corrected chi connectivity index (χ0v) is 50.9. The summed E-state index contributed by atoms with van der Waals surface area (Å²) < 4.78 is 107. The maximum absolute atomic E-state index is 14.0. The summed E-state index contributed by atoms with van der Waals surface area (Å²) >= 11 is 0. The van der Waals surface area contributed by atoms with Gasteiger partial charge in [-0.1, -0.05) is 7.43 Å². The van der Waals surface area contributed by atoms with Crippen LogP contribution in [0.25, 0.3) is 45.1 Å². The lowest BCUT2D eigenvalue weighted by atomic mass is 10.2. The van der Waals surface area contributed by atoms with Gasteiger partial charge in [-0.3, -0.25) is 34.2 Å². The third-order valence-electron chi connectivity index (χ3n) is 13.3. The molecule has 37 heteroatoms. The highest BCUT2D eigenvalue weighted by Crippen LogP contribution is 2.36. The average molecular weight is 1300 g/mol. The van der Waals surface area contributed by atoms with E-state index in [-0.39, 0.29) is 91.4 Å². The number of carbonyl (C=O) groups excluding carboxylic acids is 5. The minimum Gasteiger partial charge on any atom is -0.476 e. The first-order valence-corrected chi connectivity index (χ1v) is 28.5. The van der Waals surface area contributed by atoms with Crippen LogP contribution in [0.5, 0.6) is 0 Å². The number of nitrogens with zero attached hydrogens (tertiary/aromatic N) is 17. The van der Waals surface area contributed by atoms with E-state index in [2.05, 4.69) is 60.8 Å². The Bertz CT molecular complexity index is 3580. The normalized spacial score (nSPS) is 15.7. The standard InChI is InChI=1S/C27H33F3N10O5.C24H31F3N10O3.C3H4O3.CH4/c1-16(41)22(42)38-5-7-39(8-6-38)24-33-18-20(37-9-11-44-12-10-37)34-19(35-21(18)40(24)15-27(28,29)30)17-13-31-23(32-14-17)36-25(43)45-26(2,3)4;1-23(2,3)40-22(38)34-20-29-12-15(13-30-20)17-32-18(35-8-10-39-11-9-35)16-19(33-17)37(14-24(25,26)27)21(31-16)36-6-4-28-5-7-36;1-2(4)3(5)6;/h13-14H,5-12,15H2,1-4H3,(H,31,32,36,43);12-13,28H,4-11,14H2,1-3H3,(H,29,30,34,38);1H3,(H,5,6);1H4. The summed E-state index contributed by atoms with van der Waals surface area (Å²) in [6.07, 6.45) is -5.10. The fraction of sp³-hybridized carbons (Fsp3) is 0.564. The summed E-state index contributed by atoms with van der Waals surface area (Å²) in [6, 6.07) is 0. The molecule has 4 fully saturated rings.